The van der Waals surface area contributed by atoms with Crippen molar-refractivity contribution in [1.29, 1.82) is 0 Å². The predicted molar refractivity (Wildman–Crippen MR) is 90.3 cm³/mol. The minimum absolute atomic E-state index is 0.270. The number of rotatable bonds is 6. The second kappa shape index (κ2) is 6.99. The standard InChI is InChI=1S/C14H16BrNO4S2/c1-9(10-4-5-11(19-2)12(8-10)20-3)16-22(17,18)14-7-6-13(15)21-14/h4-9,16H,1-3H3/t9-/m0/s1. The number of sulfonamides is 1. The third kappa shape index (κ3) is 3.81. The van der Waals surface area contributed by atoms with Crippen molar-refractivity contribution in [1.82, 2.24) is 4.72 Å². The summed E-state index contributed by atoms with van der Waals surface area (Å²) < 4.78 is 38.8. The molecule has 0 spiro atoms. The number of thiophene rings is 1. The molecule has 1 heterocycles. The smallest absolute Gasteiger partial charge is 0.250 e. The molecule has 0 saturated carbocycles. The van der Waals surface area contributed by atoms with Crippen LogP contribution in [0.1, 0.15) is 18.5 Å². The number of ether oxygens (including phenoxy) is 2. The Balaban J connectivity index is 2.23. The highest BCUT2D eigenvalue weighted by molar-refractivity contribution is 9.11. The van der Waals surface area contributed by atoms with Gasteiger partial charge in [0.15, 0.2) is 11.5 Å². The number of nitrogens with one attached hydrogen (secondary N) is 1. The number of benzene rings is 1. The topological polar surface area (TPSA) is 64.6 Å². The van der Waals surface area contributed by atoms with E-state index in [9.17, 15) is 8.42 Å². The van der Waals surface area contributed by atoms with Crippen LogP contribution in [0.3, 0.4) is 0 Å². The van der Waals surface area contributed by atoms with Gasteiger partial charge in [0.1, 0.15) is 4.21 Å². The summed E-state index contributed by atoms with van der Waals surface area (Å²) in [6, 6.07) is 8.19. The lowest BCUT2D eigenvalue weighted by Gasteiger charge is -2.16. The molecule has 2 aromatic rings. The Morgan fingerprint density at radius 2 is 1.82 bits per heavy atom. The van der Waals surface area contributed by atoms with Crippen LogP contribution in [0.5, 0.6) is 11.5 Å². The lowest BCUT2D eigenvalue weighted by atomic mass is 10.1. The molecule has 0 bridgehead atoms. The minimum Gasteiger partial charge on any atom is -0.493 e. The van der Waals surface area contributed by atoms with Gasteiger partial charge in [-0.25, -0.2) is 13.1 Å². The summed E-state index contributed by atoms with van der Waals surface area (Å²) in [5, 5.41) is 0. The summed E-state index contributed by atoms with van der Waals surface area (Å²) in [4.78, 5) is 0. The fourth-order valence-corrected chi connectivity index (χ4v) is 5.18. The fourth-order valence-electron chi connectivity index (χ4n) is 1.92. The summed E-state index contributed by atoms with van der Waals surface area (Å²) >= 11 is 4.43. The first-order valence-electron chi connectivity index (χ1n) is 6.37. The Bertz CT molecular complexity index is 758. The Hall–Kier alpha value is -1.09. The van der Waals surface area contributed by atoms with Crippen molar-refractivity contribution in [3.05, 3.63) is 39.7 Å². The van der Waals surface area contributed by atoms with Crippen LogP contribution >= 0.6 is 27.3 Å². The van der Waals surface area contributed by atoms with Gasteiger partial charge in [-0.3, -0.25) is 0 Å². The molecule has 1 aromatic heterocycles. The zero-order valence-corrected chi connectivity index (χ0v) is 15.5. The Labute approximate surface area is 142 Å². The van der Waals surface area contributed by atoms with Crippen molar-refractivity contribution >= 4 is 37.3 Å². The summed E-state index contributed by atoms with van der Waals surface area (Å²) in [6.07, 6.45) is 0. The van der Waals surface area contributed by atoms with E-state index in [1.54, 1.807) is 51.5 Å². The molecule has 0 aliphatic heterocycles. The Morgan fingerprint density at radius 3 is 2.36 bits per heavy atom. The van der Waals surface area contributed by atoms with Gasteiger partial charge in [0.05, 0.1) is 18.0 Å². The molecule has 22 heavy (non-hydrogen) atoms. The highest BCUT2D eigenvalue weighted by Crippen LogP contribution is 2.31. The lowest BCUT2D eigenvalue weighted by Crippen LogP contribution is -2.26. The molecule has 0 fully saturated rings. The predicted octanol–water partition coefficient (Wildman–Crippen LogP) is 3.57. The highest BCUT2D eigenvalue weighted by Gasteiger charge is 2.21. The second-order valence-electron chi connectivity index (χ2n) is 4.52. The first kappa shape index (κ1) is 17.3. The highest BCUT2D eigenvalue weighted by atomic mass is 79.9. The molecule has 0 aliphatic carbocycles. The van der Waals surface area contributed by atoms with Crippen LogP contribution in [0, 0.1) is 0 Å². The monoisotopic (exact) mass is 405 g/mol. The van der Waals surface area contributed by atoms with Crippen LogP contribution in [-0.4, -0.2) is 22.6 Å². The normalized spacial score (nSPS) is 12.9. The largest absolute Gasteiger partial charge is 0.493 e. The SMILES string of the molecule is COc1ccc([C@H](C)NS(=O)(=O)c2ccc(Br)s2)cc1OC. The molecule has 0 radical (unpaired) electrons. The van der Waals surface area contributed by atoms with Crippen LogP contribution in [0.15, 0.2) is 38.3 Å². The molecule has 1 atom stereocenters. The average molecular weight is 406 g/mol. The maximum absolute atomic E-state index is 12.3. The average Bonchev–Trinajstić information content (AvgIpc) is 2.93. The molecule has 8 heteroatoms. The minimum atomic E-state index is -3.56. The van der Waals surface area contributed by atoms with E-state index >= 15 is 0 Å². The van der Waals surface area contributed by atoms with E-state index in [-0.39, 0.29) is 4.21 Å². The summed E-state index contributed by atoms with van der Waals surface area (Å²) in [5.41, 5.74) is 0.789. The molecule has 120 valence electrons. The van der Waals surface area contributed by atoms with Crippen molar-refractivity contribution in [3.8, 4) is 11.5 Å². The molecule has 1 aromatic carbocycles. The Morgan fingerprint density at radius 1 is 1.14 bits per heavy atom. The zero-order valence-electron chi connectivity index (χ0n) is 12.3. The van der Waals surface area contributed by atoms with E-state index in [1.807, 2.05) is 0 Å². The van der Waals surface area contributed by atoms with Crippen LogP contribution in [-0.2, 0) is 10.0 Å². The third-order valence-corrected chi connectivity index (χ3v) is 6.71. The van der Waals surface area contributed by atoms with Gasteiger partial charge < -0.3 is 9.47 Å². The molecule has 0 amide bonds. The number of methoxy groups -OCH3 is 2. The first-order valence-corrected chi connectivity index (χ1v) is 9.46. The van der Waals surface area contributed by atoms with Gasteiger partial charge in [0.2, 0.25) is 0 Å². The van der Waals surface area contributed by atoms with Gasteiger partial charge >= 0.3 is 0 Å². The van der Waals surface area contributed by atoms with Crippen LogP contribution in [0.2, 0.25) is 0 Å². The van der Waals surface area contributed by atoms with E-state index < -0.39 is 16.1 Å². The van der Waals surface area contributed by atoms with Crippen LogP contribution in [0.25, 0.3) is 0 Å². The van der Waals surface area contributed by atoms with Crippen LogP contribution < -0.4 is 14.2 Å². The third-order valence-electron chi connectivity index (χ3n) is 3.05. The number of hydrogen-bond donors (Lipinski definition) is 1. The fraction of sp³-hybridized carbons (Fsp3) is 0.286. The van der Waals surface area contributed by atoms with E-state index in [2.05, 4.69) is 20.7 Å². The van der Waals surface area contributed by atoms with Crippen LogP contribution in [0.4, 0.5) is 0 Å². The summed E-state index contributed by atoms with van der Waals surface area (Å²) in [5.74, 6) is 1.16. The molecule has 2 rings (SSSR count). The van der Waals surface area contributed by atoms with E-state index in [0.717, 1.165) is 9.35 Å². The maximum Gasteiger partial charge on any atom is 0.250 e. The lowest BCUT2D eigenvalue weighted by molar-refractivity contribution is 0.354. The number of halogens is 1. The van der Waals surface area contributed by atoms with Gasteiger partial charge in [-0.1, -0.05) is 6.07 Å². The molecule has 5 nitrogen and oxygen atoms in total. The molecular formula is C14H16BrNO4S2. The summed E-state index contributed by atoms with van der Waals surface area (Å²) in [7, 11) is -0.460. The quantitative estimate of drug-likeness (QED) is 0.797. The maximum atomic E-state index is 12.3. The molecule has 0 unspecified atom stereocenters. The van der Waals surface area contributed by atoms with Crippen molar-refractivity contribution in [2.75, 3.05) is 14.2 Å². The second-order valence-corrected chi connectivity index (χ2v) is 8.92. The van der Waals surface area contributed by atoms with E-state index in [0.29, 0.717) is 11.5 Å². The number of hydrogen-bond acceptors (Lipinski definition) is 5. The van der Waals surface area contributed by atoms with E-state index in [1.165, 1.54) is 11.3 Å². The van der Waals surface area contributed by atoms with E-state index in [4.69, 9.17) is 9.47 Å². The summed E-state index contributed by atoms with van der Waals surface area (Å²) in [6.45, 7) is 1.78. The van der Waals surface area contributed by atoms with Gasteiger partial charge in [0.25, 0.3) is 10.0 Å². The van der Waals surface area contributed by atoms with Crippen molar-refractivity contribution in [2.24, 2.45) is 0 Å². The Kier molecular flexibility index (Phi) is 5.49. The van der Waals surface area contributed by atoms with Crippen molar-refractivity contribution in [3.63, 3.8) is 0 Å². The van der Waals surface area contributed by atoms with Crippen molar-refractivity contribution in [2.45, 2.75) is 17.2 Å². The van der Waals surface area contributed by atoms with Crippen molar-refractivity contribution < 1.29 is 17.9 Å². The molecule has 0 aliphatic rings. The van der Waals surface area contributed by atoms with Gasteiger partial charge in [-0.15, -0.1) is 11.3 Å². The van der Waals surface area contributed by atoms with Gasteiger partial charge in [-0.05, 0) is 52.7 Å². The molecule has 0 saturated heterocycles. The zero-order chi connectivity index (χ0) is 16.3. The first-order chi connectivity index (χ1) is 10.4. The molecular weight excluding hydrogens is 390 g/mol. The van der Waals surface area contributed by atoms with Gasteiger partial charge in [-0.2, -0.15) is 0 Å². The molecule has 1 N–H and O–H groups in total. The van der Waals surface area contributed by atoms with Gasteiger partial charge in [0, 0.05) is 6.04 Å².